The molecule has 0 aliphatic carbocycles. The van der Waals surface area contributed by atoms with E-state index in [4.69, 9.17) is 9.84 Å². The lowest BCUT2D eigenvalue weighted by Crippen LogP contribution is -2.66. The summed E-state index contributed by atoms with van der Waals surface area (Å²) in [6, 6.07) is 2.93. The number of ether oxygens (including phenoxy) is 1. The third-order valence-corrected chi connectivity index (χ3v) is 2.96. The standard InChI is InChI=1S/C14H19FN4O4/c1-8(2)23-11-4-3-9(7-10(11)15)16-12-17-13(21)19(5-6-20)14(22)18-12/h3-4,7-8,12,16,20H,5-6H2,1-2H3,(H,17,21)(H,18,22). The number of hydrogen-bond acceptors (Lipinski definition) is 5. The van der Waals surface area contributed by atoms with Crippen LogP contribution in [-0.4, -0.2) is 47.6 Å². The molecule has 1 saturated heterocycles. The van der Waals surface area contributed by atoms with Crippen LogP contribution >= 0.6 is 0 Å². The highest BCUT2D eigenvalue weighted by Gasteiger charge is 2.30. The summed E-state index contributed by atoms with van der Waals surface area (Å²) in [5.41, 5.74) is 0.361. The first-order valence-corrected chi connectivity index (χ1v) is 7.13. The van der Waals surface area contributed by atoms with E-state index >= 15 is 0 Å². The Morgan fingerprint density at radius 2 is 2.00 bits per heavy atom. The molecule has 1 fully saturated rings. The van der Waals surface area contributed by atoms with Gasteiger partial charge in [0, 0.05) is 11.8 Å². The van der Waals surface area contributed by atoms with Crippen molar-refractivity contribution in [2.24, 2.45) is 0 Å². The zero-order valence-corrected chi connectivity index (χ0v) is 12.8. The molecule has 4 amide bonds. The van der Waals surface area contributed by atoms with Crippen molar-refractivity contribution < 1.29 is 23.8 Å². The van der Waals surface area contributed by atoms with E-state index in [2.05, 4.69) is 16.0 Å². The Hall–Kier alpha value is -2.55. The molecular formula is C14H19FN4O4. The summed E-state index contributed by atoms with van der Waals surface area (Å²) in [6.45, 7) is 3.13. The maximum Gasteiger partial charge on any atom is 0.328 e. The summed E-state index contributed by atoms with van der Waals surface area (Å²) in [5.74, 6) is -0.435. The summed E-state index contributed by atoms with van der Waals surface area (Å²) in [7, 11) is 0. The molecular weight excluding hydrogens is 307 g/mol. The van der Waals surface area contributed by atoms with Crippen LogP contribution < -0.4 is 20.7 Å². The molecule has 1 aromatic carbocycles. The van der Waals surface area contributed by atoms with Crippen molar-refractivity contribution in [1.29, 1.82) is 0 Å². The summed E-state index contributed by atoms with van der Waals surface area (Å²) < 4.78 is 19.2. The second kappa shape index (κ2) is 7.14. The van der Waals surface area contributed by atoms with Crippen LogP contribution in [0, 0.1) is 5.82 Å². The number of hydrogen-bond donors (Lipinski definition) is 4. The molecule has 8 nitrogen and oxygen atoms in total. The molecule has 126 valence electrons. The number of nitrogens with zero attached hydrogens (tertiary/aromatic N) is 1. The number of carbonyl (C=O) groups is 2. The first-order valence-electron chi connectivity index (χ1n) is 7.13. The minimum atomic E-state index is -0.888. The van der Waals surface area contributed by atoms with Crippen molar-refractivity contribution in [1.82, 2.24) is 15.5 Å². The van der Waals surface area contributed by atoms with E-state index in [1.54, 1.807) is 19.9 Å². The molecule has 4 N–H and O–H groups in total. The van der Waals surface area contributed by atoms with Gasteiger partial charge >= 0.3 is 12.1 Å². The van der Waals surface area contributed by atoms with E-state index in [1.165, 1.54) is 12.1 Å². The van der Waals surface area contributed by atoms with Crippen LogP contribution in [0.1, 0.15) is 13.8 Å². The number of imide groups is 1. The van der Waals surface area contributed by atoms with Crippen molar-refractivity contribution in [2.75, 3.05) is 18.5 Å². The number of β-amino-alcohol motifs (C(OH)–C–C–N with tert-alkyl or cyclic N) is 1. The highest BCUT2D eigenvalue weighted by Crippen LogP contribution is 2.22. The van der Waals surface area contributed by atoms with Gasteiger partial charge in [-0.25, -0.2) is 18.9 Å². The lowest BCUT2D eigenvalue weighted by Gasteiger charge is -2.32. The largest absolute Gasteiger partial charge is 0.488 e. The number of benzene rings is 1. The van der Waals surface area contributed by atoms with Gasteiger partial charge in [-0.05, 0) is 26.0 Å². The normalized spacial score (nSPS) is 15.4. The first-order chi connectivity index (χ1) is 10.9. The molecule has 2 rings (SSSR count). The van der Waals surface area contributed by atoms with Gasteiger partial charge in [0.05, 0.1) is 19.3 Å². The van der Waals surface area contributed by atoms with Crippen LogP contribution in [-0.2, 0) is 0 Å². The van der Waals surface area contributed by atoms with E-state index in [1.807, 2.05) is 0 Å². The van der Waals surface area contributed by atoms with Gasteiger partial charge in [-0.3, -0.25) is 10.6 Å². The first kappa shape index (κ1) is 16.8. The Bertz CT molecular complexity index is 578. The number of halogens is 1. The molecule has 0 spiro atoms. The van der Waals surface area contributed by atoms with E-state index in [-0.39, 0.29) is 25.0 Å². The second-order valence-electron chi connectivity index (χ2n) is 5.16. The highest BCUT2D eigenvalue weighted by atomic mass is 19.1. The number of aliphatic hydroxyl groups excluding tert-OH is 1. The predicted octanol–water partition coefficient (Wildman–Crippen LogP) is 1.04. The molecule has 0 atom stereocenters. The average molecular weight is 326 g/mol. The van der Waals surface area contributed by atoms with Gasteiger partial charge in [0.15, 0.2) is 17.9 Å². The fraction of sp³-hybridized carbons (Fsp3) is 0.429. The molecule has 0 radical (unpaired) electrons. The minimum absolute atomic E-state index is 0.111. The molecule has 0 saturated carbocycles. The third-order valence-electron chi connectivity index (χ3n) is 2.96. The molecule has 1 aromatic rings. The van der Waals surface area contributed by atoms with Crippen LogP contribution in [0.25, 0.3) is 0 Å². The Morgan fingerprint density at radius 3 is 2.52 bits per heavy atom. The average Bonchev–Trinajstić information content (AvgIpc) is 2.45. The number of nitrogens with one attached hydrogen (secondary N) is 3. The van der Waals surface area contributed by atoms with Crippen LogP contribution in [0.15, 0.2) is 18.2 Å². The third kappa shape index (κ3) is 4.22. The summed E-state index contributed by atoms with van der Waals surface area (Å²) in [4.78, 5) is 24.3. The summed E-state index contributed by atoms with van der Waals surface area (Å²) in [6.07, 6.45) is -1.04. The zero-order valence-electron chi connectivity index (χ0n) is 12.8. The smallest absolute Gasteiger partial charge is 0.328 e. The number of carbonyl (C=O) groups excluding carboxylic acids is 2. The van der Waals surface area contributed by atoms with Gasteiger partial charge < -0.3 is 15.2 Å². The van der Waals surface area contributed by atoms with E-state index in [0.717, 1.165) is 4.90 Å². The topological polar surface area (TPSA) is 103 Å². The fourth-order valence-electron chi connectivity index (χ4n) is 2.01. The van der Waals surface area contributed by atoms with Crippen LogP contribution in [0.3, 0.4) is 0 Å². The summed E-state index contributed by atoms with van der Waals surface area (Å²) in [5, 5.41) is 16.5. The zero-order chi connectivity index (χ0) is 17.0. The van der Waals surface area contributed by atoms with Gasteiger partial charge in [0.2, 0.25) is 0 Å². The Kier molecular flexibility index (Phi) is 5.22. The van der Waals surface area contributed by atoms with Crippen molar-refractivity contribution in [3.8, 4) is 5.75 Å². The number of aliphatic hydroxyl groups is 1. The summed E-state index contributed by atoms with van der Waals surface area (Å²) >= 11 is 0. The van der Waals surface area contributed by atoms with E-state index < -0.39 is 24.2 Å². The van der Waals surface area contributed by atoms with E-state index in [0.29, 0.717) is 5.69 Å². The van der Waals surface area contributed by atoms with Crippen molar-refractivity contribution in [3.05, 3.63) is 24.0 Å². The van der Waals surface area contributed by atoms with Gasteiger partial charge in [-0.1, -0.05) is 0 Å². The lowest BCUT2D eigenvalue weighted by atomic mass is 10.3. The lowest BCUT2D eigenvalue weighted by molar-refractivity contribution is 0.155. The molecule has 1 aliphatic heterocycles. The van der Waals surface area contributed by atoms with Gasteiger partial charge in [-0.15, -0.1) is 0 Å². The van der Waals surface area contributed by atoms with Crippen molar-refractivity contribution in [2.45, 2.75) is 26.2 Å². The molecule has 0 unspecified atom stereocenters. The van der Waals surface area contributed by atoms with E-state index in [9.17, 15) is 14.0 Å². The fourth-order valence-corrected chi connectivity index (χ4v) is 2.01. The van der Waals surface area contributed by atoms with Crippen molar-refractivity contribution in [3.63, 3.8) is 0 Å². The molecule has 1 heterocycles. The molecule has 0 aromatic heterocycles. The van der Waals surface area contributed by atoms with Crippen LogP contribution in [0.4, 0.5) is 19.7 Å². The number of rotatable bonds is 6. The molecule has 1 aliphatic rings. The van der Waals surface area contributed by atoms with Gasteiger partial charge in [0.1, 0.15) is 0 Å². The quantitative estimate of drug-likeness (QED) is 0.625. The van der Waals surface area contributed by atoms with Crippen LogP contribution in [0.2, 0.25) is 0 Å². The SMILES string of the molecule is CC(C)Oc1ccc(NC2NC(=O)N(CCO)C(=O)N2)cc1F. The Labute approximate surface area is 132 Å². The second-order valence-corrected chi connectivity index (χ2v) is 5.16. The van der Waals surface area contributed by atoms with Gasteiger partial charge in [0.25, 0.3) is 0 Å². The predicted molar refractivity (Wildman–Crippen MR) is 80.4 cm³/mol. The minimum Gasteiger partial charge on any atom is -0.488 e. The molecule has 9 heteroatoms. The highest BCUT2D eigenvalue weighted by molar-refractivity contribution is 5.96. The van der Waals surface area contributed by atoms with Gasteiger partial charge in [-0.2, -0.15) is 0 Å². The number of urea groups is 2. The number of anilines is 1. The van der Waals surface area contributed by atoms with Crippen LogP contribution in [0.5, 0.6) is 5.75 Å². The van der Waals surface area contributed by atoms with Crippen molar-refractivity contribution >= 4 is 17.7 Å². The molecule has 0 bridgehead atoms. The maximum atomic E-state index is 13.9. The molecule has 23 heavy (non-hydrogen) atoms. The maximum absolute atomic E-state index is 13.9. The Morgan fingerprint density at radius 1 is 1.35 bits per heavy atom. The Balaban J connectivity index is 2.01. The monoisotopic (exact) mass is 326 g/mol. The number of amides is 4.